The topological polar surface area (TPSA) is 311 Å². The van der Waals surface area contributed by atoms with Crippen LogP contribution in [0, 0.1) is 11.6 Å². The zero-order chi connectivity index (χ0) is 51.4. The maximum Gasteiger partial charge on any atom is 1.00 e. The van der Waals surface area contributed by atoms with Crippen LogP contribution in [-0.4, -0.2) is 108 Å². The quantitative estimate of drug-likeness (QED) is 0.0631. The van der Waals surface area contributed by atoms with Gasteiger partial charge in [0.15, 0.2) is 11.4 Å². The van der Waals surface area contributed by atoms with Crippen LogP contribution in [0.3, 0.4) is 0 Å². The van der Waals surface area contributed by atoms with Gasteiger partial charge in [0, 0.05) is 47.1 Å². The zero-order valence-electron chi connectivity index (χ0n) is 38.9. The van der Waals surface area contributed by atoms with E-state index in [2.05, 4.69) is 20.8 Å². The molecule has 21 nitrogen and oxygen atoms in total. The van der Waals surface area contributed by atoms with Crippen LogP contribution in [0.2, 0.25) is 10.0 Å². The first-order chi connectivity index (χ1) is 34.0. The predicted molar refractivity (Wildman–Crippen MR) is 250 cm³/mol. The Morgan fingerprint density at radius 3 is 1.58 bits per heavy atom. The first-order valence-electron chi connectivity index (χ1n) is 21.6. The van der Waals surface area contributed by atoms with Crippen LogP contribution in [0.4, 0.5) is 8.78 Å². The number of primary amides is 2. The molecule has 0 unspecified atom stereocenters. The molecule has 2 aliphatic carbocycles. The molecule has 2 saturated carbocycles. The number of para-hydroxylation sites is 1. The Morgan fingerprint density at radius 2 is 1.14 bits per heavy atom. The molecule has 26 heteroatoms. The van der Waals surface area contributed by atoms with Gasteiger partial charge in [-0.05, 0) is 61.6 Å². The van der Waals surface area contributed by atoms with Crippen molar-refractivity contribution in [1.82, 2.24) is 40.0 Å². The molecule has 0 radical (unpaired) electrons. The Labute approximate surface area is 435 Å². The van der Waals surface area contributed by atoms with E-state index >= 15 is 0 Å². The molecule has 378 valence electrons. The molecule has 0 aliphatic heterocycles. The molecule has 0 saturated heterocycles. The molecule has 73 heavy (non-hydrogen) atoms. The van der Waals surface area contributed by atoms with Crippen molar-refractivity contribution in [2.75, 3.05) is 13.1 Å². The van der Waals surface area contributed by atoms with Crippen molar-refractivity contribution in [3.63, 3.8) is 0 Å². The average molecular weight is 1040 g/mol. The molecular weight excluding hydrogens is 996 g/mol. The number of ether oxygens (including phenoxy) is 1. The number of fused-ring (bicyclic) bond motifs is 2. The molecule has 0 atom stereocenters. The second kappa shape index (κ2) is 26.8. The SMILES string of the molecule is NC(=O)c1nn(CC(=O)N(CC(=O)NCc2cccc(Cl)c2F)C2CC2)c2cc(COC=O)ccc12.NC(=O)c1nn(CC(=O)N(CC(=O)NCc2cccc(Cl)c2F)C2CC2)c2ccccc12.O=C=O.[Li+].[OH-]. The van der Waals surface area contributed by atoms with Gasteiger partial charge in [0.2, 0.25) is 23.6 Å². The summed E-state index contributed by atoms with van der Waals surface area (Å²) in [6.45, 7) is -0.543. The van der Waals surface area contributed by atoms with E-state index in [4.69, 9.17) is 49.0 Å². The largest absolute Gasteiger partial charge is 1.00 e. The van der Waals surface area contributed by atoms with Gasteiger partial charge in [-0.2, -0.15) is 19.8 Å². The number of nitrogens with zero attached hydrogens (tertiary/aromatic N) is 6. The maximum atomic E-state index is 14.1. The summed E-state index contributed by atoms with van der Waals surface area (Å²) >= 11 is 11.5. The number of carbonyl (C=O) groups excluding carboxylic acids is 9. The molecule has 2 aliphatic rings. The summed E-state index contributed by atoms with van der Waals surface area (Å²) in [7, 11) is 0. The van der Waals surface area contributed by atoms with Crippen LogP contribution in [0.1, 0.15) is 63.4 Å². The third-order valence-corrected chi connectivity index (χ3v) is 11.7. The number of aromatic nitrogens is 4. The third kappa shape index (κ3) is 15.3. The van der Waals surface area contributed by atoms with E-state index in [-0.39, 0.29) is 133 Å². The summed E-state index contributed by atoms with van der Waals surface area (Å²) in [5, 5.41) is 14.6. The van der Waals surface area contributed by atoms with Crippen LogP contribution in [0.5, 0.6) is 0 Å². The van der Waals surface area contributed by atoms with Crippen LogP contribution < -0.4 is 41.0 Å². The standard InChI is InChI=1S/C24H23ClFN5O5.C22H21ClFN5O3.CO2.Li.H2O/c25-18-3-1-2-15(22(18)26)9-28-20(33)10-30(16-5-6-16)21(34)11-31-19-8-14(12-36-13-32)4-7-17(19)23(29-31)24(27)35;23-16-6-3-4-13(20(16)24)10-26-18(30)11-28(14-8-9-14)19(31)12-29-17-7-2-1-5-15(17)21(27-29)22(25)32;2-1-3;;/h1-4,7-8,13,16H,5-6,9-12H2,(H2,27,35)(H,28,33);1-7,14H,8-12H2,(H2,25,32)(H,26,30);;;1H2/q;;;+1;/p-1. The monoisotopic (exact) mass is 1040 g/mol. The number of hydrogen-bond acceptors (Lipinski definition) is 13. The van der Waals surface area contributed by atoms with Gasteiger partial charge in [-0.1, -0.05) is 71.7 Å². The van der Waals surface area contributed by atoms with Crippen molar-refractivity contribution in [2.24, 2.45) is 11.5 Å². The fourth-order valence-corrected chi connectivity index (χ4v) is 7.79. The average Bonchev–Trinajstić information content (AvgIpc) is 4.30. The van der Waals surface area contributed by atoms with Crippen LogP contribution >= 0.6 is 23.2 Å². The second-order valence-electron chi connectivity index (χ2n) is 16.1. The number of hydrogen-bond donors (Lipinski definition) is 4. The Morgan fingerprint density at radius 1 is 0.699 bits per heavy atom. The molecule has 0 bridgehead atoms. The van der Waals surface area contributed by atoms with E-state index in [9.17, 15) is 42.3 Å². The van der Waals surface area contributed by atoms with E-state index in [0.29, 0.717) is 33.8 Å². The molecular formula is C47H45Cl2F2LiN10O11. The predicted octanol–water partition coefficient (Wildman–Crippen LogP) is 0.387. The molecule has 2 aromatic heterocycles. The number of amides is 6. The maximum absolute atomic E-state index is 14.1. The molecule has 8 rings (SSSR count). The van der Waals surface area contributed by atoms with Gasteiger partial charge in [0.1, 0.15) is 31.3 Å². The van der Waals surface area contributed by atoms with Crippen molar-refractivity contribution in [1.29, 1.82) is 0 Å². The van der Waals surface area contributed by atoms with Crippen LogP contribution in [-0.2, 0) is 71.1 Å². The van der Waals surface area contributed by atoms with Crippen molar-refractivity contribution >= 4 is 93.1 Å². The van der Waals surface area contributed by atoms with Gasteiger partial charge in [-0.25, -0.2) is 8.78 Å². The fraction of sp³-hybridized carbons (Fsp3) is 0.277. The number of benzene rings is 4. The summed E-state index contributed by atoms with van der Waals surface area (Å²) in [4.78, 5) is 105. The van der Waals surface area contributed by atoms with Gasteiger partial charge in [-0.3, -0.25) is 42.9 Å². The number of nitrogens with one attached hydrogen (secondary N) is 2. The Bertz CT molecular complexity index is 3050. The Kier molecular flexibility index (Phi) is 21.3. The van der Waals surface area contributed by atoms with E-state index in [1.807, 2.05) is 0 Å². The normalized spacial score (nSPS) is 12.2. The molecule has 2 heterocycles. The van der Waals surface area contributed by atoms with Crippen LogP contribution in [0.25, 0.3) is 21.8 Å². The minimum atomic E-state index is -0.755. The molecule has 6 aromatic rings. The summed E-state index contributed by atoms with van der Waals surface area (Å²) < 4.78 is 35.7. The van der Waals surface area contributed by atoms with Crippen LogP contribution in [0.15, 0.2) is 78.9 Å². The Balaban J connectivity index is 0.000000294. The molecule has 6 amide bonds. The van der Waals surface area contributed by atoms with E-state index < -0.39 is 35.3 Å². The van der Waals surface area contributed by atoms with Crippen molar-refractivity contribution < 1.29 is 81.0 Å². The van der Waals surface area contributed by atoms with Gasteiger partial charge in [0.25, 0.3) is 18.3 Å². The van der Waals surface area contributed by atoms with Gasteiger partial charge in [0.05, 0.1) is 34.2 Å². The fourth-order valence-electron chi connectivity index (χ4n) is 7.40. The molecule has 7 N–H and O–H groups in total. The number of carbonyl (C=O) groups is 7. The van der Waals surface area contributed by atoms with Crippen molar-refractivity contribution in [3.05, 3.63) is 129 Å². The number of halogens is 4. The summed E-state index contributed by atoms with van der Waals surface area (Å²) in [5.41, 5.74) is 13.1. The summed E-state index contributed by atoms with van der Waals surface area (Å²) in [6.07, 6.45) is 3.35. The third-order valence-electron chi connectivity index (χ3n) is 11.1. The van der Waals surface area contributed by atoms with Gasteiger partial charge < -0.3 is 42.1 Å². The van der Waals surface area contributed by atoms with E-state index in [1.165, 1.54) is 43.4 Å². The number of nitrogens with two attached hydrogens (primary N) is 2. The minimum absolute atomic E-state index is 0. The molecule has 2 fully saturated rings. The molecule has 0 spiro atoms. The summed E-state index contributed by atoms with van der Waals surface area (Å²) in [5.74, 6) is -4.17. The smallest absolute Gasteiger partial charge is 0.870 e. The summed E-state index contributed by atoms with van der Waals surface area (Å²) in [6, 6.07) is 20.9. The van der Waals surface area contributed by atoms with Gasteiger partial charge in [-0.15, -0.1) is 0 Å². The van der Waals surface area contributed by atoms with E-state index in [0.717, 1.165) is 25.7 Å². The van der Waals surface area contributed by atoms with Crippen molar-refractivity contribution in [2.45, 2.75) is 70.6 Å². The molecule has 4 aromatic carbocycles. The minimum Gasteiger partial charge on any atom is -0.870 e. The first-order valence-corrected chi connectivity index (χ1v) is 22.4. The first kappa shape index (κ1) is 58.1. The second-order valence-corrected chi connectivity index (χ2v) is 16.9. The van der Waals surface area contributed by atoms with Gasteiger partial charge >= 0.3 is 25.0 Å². The Hall–Kier alpha value is -7.51. The zero-order valence-corrected chi connectivity index (χ0v) is 40.4. The van der Waals surface area contributed by atoms with Crippen molar-refractivity contribution in [3.8, 4) is 0 Å². The number of rotatable bonds is 19. The van der Waals surface area contributed by atoms with E-state index in [1.54, 1.807) is 54.6 Å².